The number of nitrogens with one attached hydrogen (secondary N) is 1. The first kappa shape index (κ1) is 10.1. The monoisotopic (exact) mass is 197 g/mol. The Morgan fingerprint density at radius 3 is 3.00 bits per heavy atom. The van der Waals surface area contributed by atoms with Crippen LogP contribution in [0.4, 0.5) is 0 Å². The summed E-state index contributed by atoms with van der Waals surface area (Å²) in [4.78, 5) is 11.8. The van der Waals surface area contributed by atoms with E-state index in [1.54, 1.807) is 0 Å². The first-order valence-corrected chi connectivity index (χ1v) is 5.67. The molecule has 2 saturated heterocycles. The molecule has 0 aromatic heterocycles. The van der Waals surface area contributed by atoms with Crippen molar-refractivity contribution >= 4 is 5.78 Å². The molecule has 14 heavy (non-hydrogen) atoms. The van der Waals surface area contributed by atoms with Crippen molar-refractivity contribution in [2.24, 2.45) is 11.8 Å². The van der Waals surface area contributed by atoms with Gasteiger partial charge < -0.3 is 10.1 Å². The highest BCUT2D eigenvalue weighted by molar-refractivity contribution is 5.81. The fraction of sp³-hybridized carbons (Fsp3) is 0.909. The quantitative estimate of drug-likeness (QED) is 0.733. The van der Waals surface area contributed by atoms with Crippen molar-refractivity contribution < 1.29 is 9.53 Å². The minimum Gasteiger partial charge on any atom is -0.381 e. The van der Waals surface area contributed by atoms with Crippen molar-refractivity contribution in [1.29, 1.82) is 0 Å². The molecule has 0 amide bonds. The predicted molar refractivity (Wildman–Crippen MR) is 54.1 cm³/mol. The van der Waals surface area contributed by atoms with Gasteiger partial charge in [0.05, 0.1) is 6.61 Å². The molecule has 2 heterocycles. The van der Waals surface area contributed by atoms with Gasteiger partial charge >= 0.3 is 0 Å². The molecular formula is C11H19NO2. The second kappa shape index (κ2) is 4.89. The number of carbonyl (C=O) groups excluding carboxylic acids is 1. The second-order valence-electron chi connectivity index (χ2n) is 4.44. The molecule has 2 fully saturated rings. The molecule has 0 aromatic carbocycles. The van der Waals surface area contributed by atoms with Crippen LogP contribution in [0.25, 0.3) is 0 Å². The van der Waals surface area contributed by atoms with Crippen LogP contribution in [0.3, 0.4) is 0 Å². The fourth-order valence-electron chi connectivity index (χ4n) is 2.33. The molecular weight excluding hydrogens is 178 g/mol. The van der Waals surface area contributed by atoms with Crippen LogP contribution < -0.4 is 5.32 Å². The normalized spacial score (nSPS) is 33.1. The van der Waals surface area contributed by atoms with Crippen molar-refractivity contribution in [3.63, 3.8) is 0 Å². The predicted octanol–water partition coefficient (Wildman–Crippen LogP) is 0.982. The zero-order valence-corrected chi connectivity index (χ0v) is 8.63. The van der Waals surface area contributed by atoms with Crippen molar-refractivity contribution in [3.8, 4) is 0 Å². The standard InChI is InChI=1S/C11H19NO2/c13-11(6-9-3-4-12-7-9)10-2-1-5-14-8-10/h9-10,12H,1-8H2. The molecule has 2 rings (SSSR count). The van der Waals surface area contributed by atoms with Gasteiger partial charge in [0.15, 0.2) is 0 Å². The van der Waals surface area contributed by atoms with Gasteiger partial charge in [-0.05, 0) is 38.3 Å². The fourth-order valence-corrected chi connectivity index (χ4v) is 2.33. The van der Waals surface area contributed by atoms with Gasteiger partial charge in [-0.3, -0.25) is 4.79 Å². The van der Waals surface area contributed by atoms with Crippen LogP contribution in [0.5, 0.6) is 0 Å². The smallest absolute Gasteiger partial charge is 0.138 e. The van der Waals surface area contributed by atoms with E-state index in [2.05, 4.69) is 5.32 Å². The lowest BCUT2D eigenvalue weighted by atomic mass is 9.90. The Kier molecular flexibility index (Phi) is 3.54. The first-order valence-electron chi connectivity index (χ1n) is 5.67. The molecule has 2 atom stereocenters. The topological polar surface area (TPSA) is 38.3 Å². The van der Waals surface area contributed by atoms with Crippen molar-refractivity contribution in [3.05, 3.63) is 0 Å². The maximum atomic E-state index is 11.8. The third kappa shape index (κ3) is 2.55. The van der Waals surface area contributed by atoms with Crippen molar-refractivity contribution in [2.45, 2.75) is 25.7 Å². The largest absolute Gasteiger partial charge is 0.381 e. The Bertz CT molecular complexity index is 193. The summed E-state index contributed by atoms with van der Waals surface area (Å²) < 4.78 is 5.33. The van der Waals surface area contributed by atoms with Gasteiger partial charge in [-0.15, -0.1) is 0 Å². The molecule has 3 heteroatoms. The van der Waals surface area contributed by atoms with Gasteiger partial charge in [-0.2, -0.15) is 0 Å². The molecule has 0 saturated carbocycles. The van der Waals surface area contributed by atoms with E-state index in [9.17, 15) is 4.79 Å². The molecule has 0 aromatic rings. The molecule has 80 valence electrons. The first-order chi connectivity index (χ1) is 6.86. The lowest BCUT2D eigenvalue weighted by Crippen LogP contribution is -2.27. The summed E-state index contributed by atoms with van der Waals surface area (Å²) >= 11 is 0. The Labute approximate surface area is 85.2 Å². The summed E-state index contributed by atoms with van der Waals surface area (Å²) in [6, 6.07) is 0. The summed E-state index contributed by atoms with van der Waals surface area (Å²) in [6.07, 6.45) is 4.03. The Balaban J connectivity index is 1.75. The molecule has 2 unspecified atom stereocenters. The highest BCUT2D eigenvalue weighted by atomic mass is 16.5. The number of hydrogen-bond acceptors (Lipinski definition) is 3. The van der Waals surface area contributed by atoms with Crippen LogP contribution in [0, 0.1) is 11.8 Å². The number of Topliss-reactive ketones (excluding diaryl/α,β-unsaturated/α-hetero) is 1. The van der Waals surface area contributed by atoms with Gasteiger partial charge in [-0.1, -0.05) is 0 Å². The third-order valence-corrected chi connectivity index (χ3v) is 3.27. The number of hydrogen-bond donors (Lipinski definition) is 1. The lowest BCUT2D eigenvalue weighted by molar-refractivity contribution is -0.127. The number of rotatable bonds is 3. The Morgan fingerprint density at radius 1 is 1.43 bits per heavy atom. The zero-order chi connectivity index (χ0) is 9.80. The third-order valence-electron chi connectivity index (χ3n) is 3.27. The van der Waals surface area contributed by atoms with E-state index in [0.29, 0.717) is 18.3 Å². The summed E-state index contributed by atoms with van der Waals surface area (Å²) in [6.45, 7) is 3.62. The minimum atomic E-state index is 0.198. The Hall–Kier alpha value is -0.410. The number of ether oxygens (including phenoxy) is 1. The van der Waals surface area contributed by atoms with Gasteiger partial charge in [0.25, 0.3) is 0 Å². The van der Waals surface area contributed by atoms with E-state index in [4.69, 9.17) is 4.74 Å². The summed E-state index contributed by atoms with van der Waals surface area (Å²) in [7, 11) is 0. The maximum absolute atomic E-state index is 11.8. The van der Waals surface area contributed by atoms with E-state index in [1.807, 2.05) is 0 Å². The van der Waals surface area contributed by atoms with E-state index >= 15 is 0 Å². The molecule has 0 aliphatic carbocycles. The maximum Gasteiger partial charge on any atom is 0.138 e. The summed E-state index contributed by atoms with van der Waals surface area (Å²) in [5, 5.41) is 3.30. The summed E-state index contributed by atoms with van der Waals surface area (Å²) in [5.41, 5.74) is 0. The highest BCUT2D eigenvalue weighted by Crippen LogP contribution is 2.20. The zero-order valence-electron chi connectivity index (χ0n) is 8.63. The summed E-state index contributed by atoms with van der Waals surface area (Å²) in [5.74, 6) is 1.21. The van der Waals surface area contributed by atoms with E-state index in [1.165, 1.54) is 6.42 Å². The Morgan fingerprint density at radius 2 is 2.36 bits per heavy atom. The van der Waals surface area contributed by atoms with Gasteiger partial charge in [0.1, 0.15) is 5.78 Å². The lowest BCUT2D eigenvalue weighted by Gasteiger charge is -2.21. The van der Waals surface area contributed by atoms with Crippen LogP contribution in [-0.4, -0.2) is 32.1 Å². The van der Waals surface area contributed by atoms with Crippen LogP contribution in [0.15, 0.2) is 0 Å². The van der Waals surface area contributed by atoms with Crippen LogP contribution >= 0.6 is 0 Å². The van der Waals surface area contributed by atoms with Crippen molar-refractivity contribution in [1.82, 2.24) is 5.32 Å². The minimum absolute atomic E-state index is 0.198. The van der Waals surface area contributed by atoms with Gasteiger partial charge in [0.2, 0.25) is 0 Å². The number of carbonyl (C=O) groups is 1. The van der Waals surface area contributed by atoms with Crippen LogP contribution in [-0.2, 0) is 9.53 Å². The average molecular weight is 197 g/mol. The van der Waals surface area contributed by atoms with Gasteiger partial charge in [0, 0.05) is 18.9 Å². The van der Waals surface area contributed by atoms with E-state index in [0.717, 1.165) is 39.0 Å². The molecule has 0 spiro atoms. The van der Waals surface area contributed by atoms with Crippen LogP contribution in [0.2, 0.25) is 0 Å². The molecule has 0 bridgehead atoms. The van der Waals surface area contributed by atoms with E-state index in [-0.39, 0.29) is 5.92 Å². The number of ketones is 1. The highest BCUT2D eigenvalue weighted by Gasteiger charge is 2.25. The molecule has 2 aliphatic heterocycles. The molecule has 3 nitrogen and oxygen atoms in total. The SMILES string of the molecule is O=C(CC1CCNC1)C1CCCOC1. The molecule has 2 aliphatic rings. The molecule has 1 N–H and O–H groups in total. The van der Waals surface area contributed by atoms with Crippen molar-refractivity contribution in [2.75, 3.05) is 26.3 Å². The molecule has 0 radical (unpaired) electrons. The van der Waals surface area contributed by atoms with E-state index < -0.39 is 0 Å². The average Bonchev–Trinajstić information content (AvgIpc) is 2.72. The van der Waals surface area contributed by atoms with Crippen LogP contribution in [0.1, 0.15) is 25.7 Å². The van der Waals surface area contributed by atoms with Gasteiger partial charge in [-0.25, -0.2) is 0 Å². The second-order valence-corrected chi connectivity index (χ2v) is 4.44.